The van der Waals surface area contributed by atoms with Gasteiger partial charge < -0.3 is 15.4 Å². The van der Waals surface area contributed by atoms with E-state index in [4.69, 9.17) is 4.74 Å². The van der Waals surface area contributed by atoms with Crippen molar-refractivity contribution in [2.24, 2.45) is 4.99 Å². The lowest BCUT2D eigenvalue weighted by Gasteiger charge is -2.13. The summed E-state index contributed by atoms with van der Waals surface area (Å²) in [4.78, 5) is 4.24. The van der Waals surface area contributed by atoms with Crippen LogP contribution in [0.4, 0.5) is 0 Å². The van der Waals surface area contributed by atoms with Gasteiger partial charge in [-0.05, 0) is 36.6 Å². The van der Waals surface area contributed by atoms with Crippen LogP contribution < -0.4 is 15.4 Å². The Bertz CT molecular complexity index is 617. The molecule has 2 aromatic rings. The average Bonchev–Trinajstić information content (AvgIpc) is 2.59. The van der Waals surface area contributed by atoms with Crippen LogP contribution in [-0.2, 0) is 6.54 Å². The van der Waals surface area contributed by atoms with Crippen molar-refractivity contribution in [2.75, 3.05) is 20.2 Å². The largest absolute Gasteiger partial charge is 0.494 e. The number of halogens is 1. The highest BCUT2D eigenvalue weighted by Crippen LogP contribution is 2.08. The van der Waals surface area contributed by atoms with Gasteiger partial charge >= 0.3 is 0 Å². The molecule has 0 aliphatic carbocycles. The van der Waals surface area contributed by atoms with Gasteiger partial charge in [0.05, 0.1) is 6.61 Å². The Hall–Kier alpha value is -1.76. The summed E-state index contributed by atoms with van der Waals surface area (Å²) in [7, 11) is 1.79. The Morgan fingerprint density at radius 3 is 2.42 bits per heavy atom. The summed E-state index contributed by atoms with van der Waals surface area (Å²) in [6.45, 7) is 4.40. The smallest absolute Gasteiger partial charge is 0.191 e. The number of aliphatic imine (C=N–C) groups is 1. The van der Waals surface area contributed by atoms with Crippen LogP contribution in [0.5, 0.6) is 5.75 Å². The van der Waals surface area contributed by atoms with Crippen LogP contribution in [0.3, 0.4) is 0 Å². The standard InChI is InChI=1S/C19H25N3O.HI/c1-16-9-6-7-10-17(16)15-22-19(20-2)21-13-8-14-23-18-11-4-3-5-12-18;/h3-7,9-12H,8,13-15H2,1-2H3,(H2,20,21,22);1H. The van der Waals surface area contributed by atoms with Gasteiger partial charge in [-0.3, -0.25) is 4.99 Å². The highest BCUT2D eigenvalue weighted by Gasteiger charge is 2.00. The quantitative estimate of drug-likeness (QED) is 0.299. The molecule has 0 unspecified atom stereocenters. The van der Waals surface area contributed by atoms with E-state index in [1.54, 1.807) is 7.05 Å². The maximum Gasteiger partial charge on any atom is 0.191 e. The number of benzene rings is 2. The third-order valence-corrected chi connectivity index (χ3v) is 3.56. The lowest BCUT2D eigenvalue weighted by atomic mass is 10.1. The van der Waals surface area contributed by atoms with E-state index in [-0.39, 0.29) is 24.0 Å². The molecule has 0 aliphatic rings. The van der Waals surface area contributed by atoms with Gasteiger partial charge in [0, 0.05) is 20.1 Å². The lowest BCUT2D eigenvalue weighted by molar-refractivity contribution is 0.311. The molecule has 0 saturated heterocycles. The number of aryl methyl sites for hydroxylation is 1. The number of rotatable bonds is 7. The fourth-order valence-electron chi connectivity index (χ4n) is 2.19. The topological polar surface area (TPSA) is 45.7 Å². The van der Waals surface area contributed by atoms with E-state index in [0.717, 1.165) is 31.2 Å². The van der Waals surface area contributed by atoms with Gasteiger partial charge in [-0.25, -0.2) is 0 Å². The number of hydrogen-bond donors (Lipinski definition) is 2. The van der Waals surface area contributed by atoms with E-state index < -0.39 is 0 Å². The number of para-hydroxylation sites is 1. The van der Waals surface area contributed by atoms with Crippen molar-refractivity contribution in [1.29, 1.82) is 0 Å². The summed E-state index contributed by atoms with van der Waals surface area (Å²) in [5.41, 5.74) is 2.56. The molecule has 0 radical (unpaired) electrons. The molecule has 130 valence electrons. The van der Waals surface area contributed by atoms with Crippen LogP contribution in [0.15, 0.2) is 59.6 Å². The molecule has 0 fully saturated rings. The van der Waals surface area contributed by atoms with Gasteiger partial charge in [-0.15, -0.1) is 24.0 Å². The van der Waals surface area contributed by atoms with Crippen molar-refractivity contribution in [3.05, 3.63) is 65.7 Å². The monoisotopic (exact) mass is 439 g/mol. The van der Waals surface area contributed by atoms with Crippen LogP contribution in [0.2, 0.25) is 0 Å². The zero-order chi connectivity index (χ0) is 16.3. The second-order valence-electron chi connectivity index (χ2n) is 5.29. The van der Waals surface area contributed by atoms with Crippen LogP contribution in [0.25, 0.3) is 0 Å². The second-order valence-corrected chi connectivity index (χ2v) is 5.29. The molecule has 0 bridgehead atoms. The molecule has 5 heteroatoms. The van der Waals surface area contributed by atoms with Crippen LogP contribution in [0.1, 0.15) is 17.5 Å². The minimum atomic E-state index is 0. The highest BCUT2D eigenvalue weighted by atomic mass is 127. The highest BCUT2D eigenvalue weighted by molar-refractivity contribution is 14.0. The Morgan fingerprint density at radius 2 is 1.71 bits per heavy atom. The van der Waals surface area contributed by atoms with Crippen LogP contribution >= 0.6 is 24.0 Å². The van der Waals surface area contributed by atoms with Crippen molar-refractivity contribution in [3.8, 4) is 5.75 Å². The molecule has 0 atom stereocenters. The molecule has 0 saturated carbocycles. The van der Waals surface area contributed by atoms with E-state index in [1.165, 1.54) is 11.1 Å². The molecule has 0 aromatic heterocycles. The van der Waals surface area contributed by atoms with Crippen molar-refractivity contribution in [3.63, 3.8) is 0 Å². The third-order valence-electron chi connectivity index (χ3n) is 3.56. The van der Waals surface area contributed by atoms with Crippen LogP contribution in [-0.4, -0.2) is 26.2 Å². The predicted octanol–water partition coefficient (Wildman–Crippen LogP) is 3.75. The molecule has 0 aliphatic heterocycles. The van der Waals surface area contributed by atoms with Crippen molar-refractivity contribution >= 4 is 29.9 Å². The molecule has 4 nitrogen and oxygen atoms in total. The third kappa shape index (κ3) is 7.21. The minimum absolute atomic E-state index is 0. The first-order chi connectivity index (χ1) is 11.3. The molecule has 24 heavy (non-hydrogen) atoms. The molecule has 0 amide bonds. The molecule has 2 rings (SSSR count). The van der Waals surface area contributed by atoms with E-state index in [1.807, 2.05) is 30.3 Å². The van der Waals surface area contributed by atoms with Gasteiger partial charge in [0.15, 0.2) is 5.96 Å². The summed E-state index contributed by atoms with van der Waals surface area (Å²) in [5, 5.41) is 6.64. The number of guanidine groups is 1. The summed E-state index contributed by atoms with van der Waals surface area (Å²) in [6, 6.07) is 18.2. The number of hydrogen-bond acceptors (Lipinski definition) is 2. The van der Waals surface area contributed by atoms with E-state index in [2.05, 4.69) is 46.8 Å². The normalized spacial score (nSPS) is 10.7. The fourth-order valence-corrected chi connectivity index (χ4v) is 2.19. The van der Waals surface area contributed by atoms with Gasteiger partial charge in [0.2, 0.25) is 0 Å². The molecule has 2 aromatic carbocycles. The fraction of sp³-hybridized carbons (Fsp3) is 0.316. The molecule has 0 spiro atoms. The van der Waals surface area contributed by atoms with E-state index in [9.17, 15) is 0 Å². The van der Waals surface area contributed by atoms with Crippen molar-refractivity contribution in [2.45, 2.75) is 19.9 Å². The molecule has 2 N–H and O–H groups in total. The molecular formula is C19H26IN3O. The van der Waals surface area contributed by atoms with Gasteiger partial charge in [-0.2, -0.15) is 0 Å². The average molecular weight is 439 g/mol. The number of nitrogens with zero attached hydrogens (tertiary/aromatic N) is 1. The predicted molar refractivity (Wildman–Crippen MR) is 111 cm³/mol. The summed E-state index contributed by atoms with van der Waals surface area (Å²) < 4.78 is 5.67. The maximum atomic E-state index is 5.67. The Balaban J connectivity index is 0.00000288. The van der Waals surface area contributed by atoms with Crippen molar-refractivity contribution in [1.82, 2.24) is 10.6 Å². The van der Waals surface area contributed by atoms with Gasteiger partial charge in [0.1, 0.15) is 5.75 Å². The molecule has 0 heterocycles. The SMILES string of the molecule is CN=C(NCCCOc1ccccc1)NCc1ccccc1C.I. The van der Waals surface area contributed by atoms with E-state index >= 15 is 0 Å². The maximum absolute atomic E-state index is 5.67. The Morgan fingerprint density at radius 1 is 1.00 bits per heavy atom. The van der Waals surface area contributed by atoms with Crippen LogP contribution in [0, 0.1) is 6.92 Å². The summed E-state index contributed by atoms with van der Waals surface area (Å²) >= 11 is 0. The summed E-state index contributed by atoms with van der Waals surface area (Å²) in [5.74, 6) is 1.72. The summed E-state index contributed by atoms with van der Waals surface area (Å²) in [6.07, 6.45) is 0.917. The Kier molecular flexibility index (Phi) is 9.91. The first-order valence-electron chi connectivity index (χ1n) is 7.96. The zero-order valence-electron chi connectivity index (χ0n) is 14.3. The lowest BCUT2D eigenvalue weighted by Crippen LogP contribution is -2.37. The first kappa shape index (κ1) is 20.3. The first-order valence-corrected chi connectivity index (χ1v) is 7.96. The van der Waals surface area contributed by atoms with Gasteiger partial charge in [0.25, 0.3) is 0 Å². The number of nitrogens with one attached hydrogen (secondary N) is 2. The van der Waals surface area contributed by atoms with E-state index in [0.29, 0.717) is 6.61 Å². The molecular weight excluding hydrogens is 413 g/mol. The zero-order valence-corrected chi connectivity index (χ0v) is 16.6. The number of ether oxygens (including phenoxy) is 1. The second kappa shape index (κ2) is 11.7. The Labute approximate surface area is 161 Å². The minimum Gasteiger partial charge on any atom is -0.494 e. The van der Waals surface area contributed by atoms with Gasteiger partial charge in [-0.1, -0.05) is 42.5 Å². The van der Waals surface area contributed by atoms with Crippen molar-refractivity contribution < 1.29 is 4.74 Å².